The summed E-state index contributed by atoms with van der Waals surface area (Å²) in [5.74, 6) is 6.81. The van der Waals surface area contributed by atoms with Crippen molar-refractivity contribution < 1.29 is 19.8 Å². The molecular weight excluding hydrogens is 463 g/mol. The Kier molecular flexibility index (Phi) is 10.2. The van der Waals surface area contributed by atoms with Crippen LogP contribution in [0.1, 0.15) is 48.3 Å². The van der Waals surface area contributed by atoms with E-state index in [2.05, 4.69) is 33.8 Å². The molecule has 0 aliphatic heterocycles. The van der Waals surface area contributed by atoms with Crippen molar-refractivity contribution in [3.05, 3.63) is 32.4 Å². The number of carbonyl (C=O) groups is 2. The number of carboxylic acids is 1. The molecule has 7 heteroatoms. The van der Waals surface area contributed by atoms with Gasteiger partial charge in [0.2, 0.25) is 0 Å². The number of hydrogen-bond donors (Lipinski definition) is 2. The predicted molar refractivity (Wildman–Crippen MR) is 126 cm³/mol. The van der Waals surface area contributed by atoms with Crippen molar-refractivity contribution in [2.45, 2.75) is 58.0 Å². The van der Waals surface area contributed by atoms with Crippen LogP contribution in [0, 0.1) is 36.5 Å². The number of ketones is 1. The monoisotopic (exact) mass is 489 g/mol. The third kappa shape index (κ3) is 7.65. The van der Waals surface area contributed by atoms with Gasteiger partial charge in [0.15, 0.2) is 0 Å². The fraction of sp³-hybridized carbons (Fsp3) is 0.522. The van der Waals surface area contributed by atoms with Gasteiger partial charge in [-0.05, 0) is 0 Å². The Hall–Kier alpha value is -1.49. The molecule has 1 radical (unpaired) electrons. The molecule has 1 heterocycles. The van der Waals surface area contributed by atoms with Gasteiger partial charge in [0, 0.05) is 0 Å². The summed E-state index contributed by atoms with van der Waals surface area (Å²) in [7, 11) is 5.78. The summed E-state index contributed by atoms with van der Waals surface area (Å²) in [5.41, 5.74) is 0. The SMILES string of the molecule is [B]=C[C@@H]1CC(O)[C@H](CC#CCCCC(=O)O)[C@H]1/C=C/C(=O)CCc1cc(Br)c(C)s1. The van der Waals surface area contributed by atoms with Crippen LogP contribution in [0.2, 0.25) is 0 Å². The molecule has 159 valence electrons. The summed E-state index contributed by atoms with van der Waals surface area (Å²) >= 11 is 5.20. The van der Waals surface area contributed by atoms with Gasteiger partial charge in [-0.1, -0.05) is 0 Å². The third-order valence-electron chi connectivity index (χ3n) is 5.43. The van der Waals surface area contributed by atoms with E-state index in [1.807, 2.05) is 13.0 Å². The molecule has 0 bridgehead atoms. The Morgan fingerprint density at radius 1 is 1.37 bits per heavy atom. The van der Waals surface area contributed by atoms with E-state index < -0.39 is 12.1 Å². The minimum absolute atomic E-state index is 0.0127. The molecule has 1 unspecified atom stereocenters. The summed E-state index contributed by atoms with van der Waals surface area (Å²) < 4.78 is 1.08. The van der Waals surface area contributed by atoms with Gasteiger partial charge in [0.1, 0.15) is 0 Å². The fourth-order valence-corrected chi connectivity index (χ4v) is 5.35. The summed E-state index contributed by atoms with van der Waals surface area (Å²) in [4.78, 5) is 25.3. The second kappa shape index (κ2) is 12.4. The number of carboxylic acid groups (broad SMARTS) is 1. The molecule has 0 amide bonds. The van der Waals surface area contributed by atoms with E-state index in [-0.39, 0.29) is 30.0 Å². The number of unbranched alkanes of at least 4 members (excludes halogenated alkanes) is 1. The van der Waals surface area contributed by atoms with E-state index in [4.69, 9.17) is 12.6 Å². The number of halogens is 1. The van der Waals surface area contributed by atoms with Crippen LogP contribution in [0.3, 0.4) is 0 Å². The molecule has 1 aromatic rings. The van der Waals surface area contributed by atoms with Crippen LogP contribution in [-0.4, -0.2) is 41.5 Å². The summed E-state index contributed by atoms with van der Waals surface area (Å²) in [6.45, 7) is 2.05. The Balaban J connectivity index is 1.91. The van der Waals surface area contributed by atoms with Crippen molar-refractivity contribution in [2.75, 3.05) is 0 Å². The average Bonchev–Trinajstić information content (AvgIpc) is 3.19. The van der Waals surface area contributed by atoms with Crippen LogP contribution in [0.5, 0.6) is 0 Å². The maximum atomic E-state index is 12.4. The number of carbonyl (C=O) groups excluding carboxylic acids is 1. The van der Waals surface area contributed by atoms with Gasteiger partial charge < -0.3 is 0 Å². The van der Waals surface area contributed by atoms with Crippen LogP contribution in [0.25, 0.3) is 0 Å². The Morgan fingerprint density at radius 2 is 2.13 bits per heavy atom. The molecule has 0 aromatic carbocycles. The molecule has 4 atom stereocenters. The fourth-order valence-electron chi connectivity index (χ4n) is 3.74. The summed E-state index contributed by atoms with van der Waals surface area (Å²) in [5, 5.41) is 19.1. The van der Waals surface area contributed by atoms with E-state index in [1.165, 1.54) is 9.75 Å². The molecule has 1 saturated carbocycles. The van der Waals surface area contributed by atoms with Crippen molar-refractivity contribution in [1.82, 2.24) is 0 Å². The number of aryl methyl sites for hydroxylation is 2. The zero-order chi connectivity index (χ0) is 22.1. The normalized spacial score (nSPS) is 23.3. The zero-order valence-corrected chi connectivity index (χ0v) is 19.5. The van der Waals surface area contributed by atoms with Crippen LogP contribution in [-0.2, 0) is 16.0 Å². The van der Waals surface area contributed by atoms with Crippen molar-refractivity contribution in [3.8, 4) is 11.8 Å². The maximum absolute atomic E-state index is 12.4. The number of rotatable bonds is 10. The predicted octanol–water partition coefficient (Wildman–Crippen LogP) is 4.11. The summed E-state index contributed by atoms with van der Waals surface area (Å²) in [6, 6.07) is 2.06. The van der Waals surface area contributed by atoms with E-state index in [9.17, 15) is 14.7 Å². The Morgan fingerprint density at radius 3 is 2.77 bits per heavy atom. The molecule has 1 aliphatic carbocycles. The van der Waals surface area contributed by atoms with Gasteiger partial charge in [0.05, 0.1) is 0 Å². The zero-order valence-electron chi connectivity index (χ0n) is 17.1. The van der Waals surface area contributed by atoms with E-state index >= 15 is 0 Å². The van der Waals surface area contributed by atoms with Crippen molar-refractivity contribution in [3.63, 3.8) is 0 Å². The van der Waals surface area contributed by atoms with E-state index in [0.29, 0.717) is 38.5 Å². The molecule has 1 fully saturated rings. The van der Waals surface area contributed by atoms with Crippen molar-refractivity contribution >= 4 is 52.5 Å². The number of aliphatic hydroxyl groups is 1. The van der Waals surface area contributed by atoms with Crippen molar-refractivity contribution in [1.29, 1.82) is 0 Å². The molecule has 4 nitrogen and oxygen atoms in total. The van der Waals surface area contributed by atoms with Gasteiger partial charge in [-0.3, -0.25) is 0 Å². The van der Waals surface area contributed by atoms with Gasteiger partial charge in [0.25, 0.3) is 0 Å². The summed E-state index contributed by atoms with van der Waals surface area (Å²) in [6.07, 6.45) is 6.39. The molecule has 1 aromatic heterocycles. The molecule has 2 N–H and O–H groups in total. The standard InChI is InChI=1S/C23H27BBrO4S/c1-15-21(25)13-18(30-15)10-8-17(26)9-11-19-16(14-24)12-22(27)20(19)6-4-2-3-5-7-23(28)29/h9,11,13-14,16,19-20,22,27H,3,5-8,10,12H2,1H3,(H,28,29)/b11-9+/t16-,19-,20+,22?/m0/s1. The van der Waals surface area contributed by atoms with Crippen LogP contribution in [0.15, 0.2) is 22.7 Å². The topological polar surface area (TPSA) is 74.6 Å². The van der Waals surface area contributed by atoms with Gasteiger partial charge >= 0.3 is 192 Å². The second-order valence-electron chi connectivity index (χ2n) is 7.65. The first-order valence-corrected chi connectivity index (χ1v) is 11.8. The van der Waals surface area contributed by atoms with E-state index in [1.54, 1.807) is 23.4 Å². The first-order chi connectivity index (χ1) is 14.3. The number of hydrogen-bond acceptors (Lipinski definition) is 4. The quantitative estimate of drug-likeness (QED) is 0.224. The first-order valence-electron chi connectivity index (χ1n) is 10.2. The molecule has 0 saturated heterocycles. The number of aliphatic carboxylic acids is 1. The minimum atomic E-state index is -0.818. The number of allylic oxidation sites excluding steroid dienone is 2. The van der Waals surface area contributed by atoms with Gasteiger partial charge in [-0.2, -0.15) is 0 Å². The first kappa shape index (κ1) is 24.8. The molecule has 30 heavy (non-hydrogen) atoms. The van der Waals surface area contributed by atoms with Gasteiger partial charge in [-0.25, -0.2) is 0 Å². The van der Waals surface area contributed by atoms with Gasteiger partial charge in [-0.15, -0.1) is 0 Å². The molecule has 1 aliphatic rings. The molecule has 0 spiro atoms. The van der Waals surface area contributed by atoms with Crippen LogP contribution in [0.4, 0.5) is 0 Å². The van der Waals surface area contributed by atoms with Crippen molar-refractivity contribution in [2.24, 2.45) is 17.8 Å². The number of aliphatic hydroxyl groups excluding tert-OH is 1. The van der Waals surface area contributed by atoms with Crippen LogP contribution >= 0.6 is 27.3 Å². The Labute approximate surface area is 192 Å². The Bertz CT molecular complexity index is 832. The molecular formula is C23H27BBrO4S. The second-order valence-corrected chi connectivity index (χ2v) is 9.84. The number of thiophene rings is 1. The van der Waals surface area contributed by atoms with E-state index in [0.717, 1.165) is 4.47 Å². The molecule has 2 rings (SSSR count). The van der Waals surface area contributed by atoms with Crippen LogP contribution < -0.4 is 0 Å². The average molecular weight is 490 g/mol. The third-order valence-corrected chi connectivity index (χ3v) is 7.63.